The van der Waals surface area contributed by atoms with E-state index in [1.54, 1.807) is 0 Å². The van der Waals surface area contributed by atoms with Crippen molar-refractivity contribution in [3.8, 4) is 0 Å². The highest BCUT2D eigenvalue weighted by Gasteiger charge is 2.39. The summed E-state index contributed by atoms with van der Waals surface area (Å²) in [5.74, 6) is 2.95. The third-order valence-corrected chi connectivity index (χ3v) is 6.89. The van der Waals surface area contributed by atoms with Crippen LogP contribution in [0.5, 0.6) is 0 Å². The van der Waals surface area contributed by atoms with Crippen molar-refractivity contribution in [2.45, 2.75) is 71.3 Å². The van der Waals surface area contributed by atoms with E-state index in [-0.39, 0.29) is 0 Å². The van der Waals surface area contributed by atoms with E-state index in [0.29, 0.717) is 11.5 Å². The van der Waals surface area contributed by atoms with E-state index >= 15 is 0 Å². The van der Waals surface area contributed by atoms with Gasteiger partial charge in [-0.15, -0.1) is 0 Å². The minimum absolute atomic E-state index is 0.473. The maximum absolute atomic E-state index is 3.66. The standard InChI is InChI=1S/C19H36N2/c1-19(2)11-6-9-17(18(19)20-3)14-21-12-10-15-7-4-5-8-16(15)13-21/h15-18,20H,4-14H2,1-3H3. The summed E-state index contributed by atoms with van der Waals surface area (Å²) in [6.07, 6.45) is 11.7. The van der Waals surface area contributed by atoms with Gasteiger partial charge in [-0.1, -0.05) is 39.5 Å². The zero-order valence-corrected chi connectivity index (χ0v) is 14.5. The van der Waals surface area contributed by atoms with Crippen LogP contribution < -0.4 is 5.32 Å². The SMILES string of the molecule is CNC1C(CN2CCC3CCCCC3C2)CCCC1(C)C. The Morgan fingerprint density at radius 2 is 1.76 bits per heavy atom. The van der Waals surface area contributed by atoms with Gasteiger partial charge in [0.2, 0.25) is 0 Å². The Bertz CT molecular complexity index is 338. The Morgan fingerprint density at radius 3 is 2.52 bits per heavy atom. The second kappa shape index (κ2) is 6.58. The van der Waals surface area contributed by atoms with Gasteiger partial charge < -0.3 is 10.2 Å². The molecule has 122 valence electrons. The Kier molecular flexibility index (Phi) is 4.95. The molecule has 3 fully saturated rings. The van der Waals surface area contributed by atoms with Crippen LogP contribution in [-0.4, -0.2) is 37.6 Å². The summed E-state index contributed by atoms with van der Waals surface area (Å²) in [5, 5.41) is 3.66. The van der Waals surface area contributed by atoms with Crippen molar-refractivity contribution in [1.82, 2.24) is 10.2 Å². The predicted octanol–water partition coefficient (Wildman–Crippen LogP) is 3.91. The molecule has 4 unspecified atom stereocenters. The topological polar surface area (TPSA) is 15.3 Å². The van der Waals surface area contributed by atoms with Crippen LogP contribution in [0, 0.1) is 23.2 Å². The fraction of sp³-hybridized carbons (Fsp3) is 1.00. The van der Waals surface area contributed by atoms with Gasteiger partial charge in [-0.3, -0.25) is 0 Å². The summed E-state index contributed by atoms with van der Waals surface area (Å²) in [4.78, 5) is 2.82. The van der Waals surface area contributed by atoms with Crippen molar-refractivity contribution in [3.63, 3.8) is 0 Å². The summed E-state index contributed by atoms with van der Waals surface area (Å²) >= 11 is 0. The molecule has 0 aromatic heterocycles. The third kappa shape index (κ3) is 3.47. The average molecular weight is 293 g/mol. The molecule has 0 radical (unpaired) electrons. The van der Waals surface area contributed by atoms with Crippen molar-refractivity contribution in [2.24, 2.45) is 23.2 Å². The Labute approximate surface area is 132 Å². The summed E-state index contributed by atoms with van der Waals surface area (Å²) in [6, 6.07) is 0.704. The van der Waals surface area contributed by atoms with E-state index in [2.05, 4.69) is 31.1 Å². The molecular formula is C19H36N2. The van der Waals surface area contributed by atoms with Crippen LogP contribution >= 0.6 is 0 Å². The van der Waals surface area contributed by atoms with Gasteiger partial charge in [0.1, 0.15) is 0 Å². The molecule has 2 saturated carbocycles. The van der Waals surface area contributed by atoms with Gasteiger partial charge in [-0.05, 0) is 62.4 Å². The van der Waals surface area contributed by atoms with Gasteiger partial charge in [-0.25, -0.2) is 0 Å². The van der Waals surface area contributed by atoms with Crippen LogP contribution in [0.3, 0.4) is 0 Å². The lowest BCUT2D eigenvalue weighted by Crippen LogP contribution is -2.53. The van der Waals surface area contributed by atoms with Gasteiger partial charge >= 0.3 is 0 Å². The molecule has 0 bridgehead atoms. The molecule has 4 atom stereocenters. The van der Waals surface area contributed by atoms with Crippen LogP contribution in [0.1, 0.15) is 65.2 Å². The van der Waals surface area contributed by atoms with Crippen LogP contribution in [0.15, 0.2) is 0 Å². The number of nitrogens with one attached hydrogen (secondary N) is 1. The lowest BCUT2D eigenvalue weighted by Gasteiger charge is -2.48. The maximum Gasteiger partial charge on any atom is 0.0156 e. The van der Waals surface area contributed by atoms with Gasteiger partial charge in [-0.2, -0.15) is 0 Å². The monoisotopic (exact) mass is 292 g/mol. The molecule has 0 aromatic rings. The van der Waals surface area contributed by atoms with Gasteiger partial charge in [0.05, 0.1) is 0 Å². The van der Waals surface area contributed by atoms with Crippen molar-refractivity contribution in [2.75, 3.05) is 26.7 Å². The number of fused-ring (bicyclic) bond motifs is 1. The summed E-state index contributed by atoms with van der Waals surface area (Å²) in [6.45, 7) is 9.05. The first-order chi connectivity index (χ1) is 10.1. The van der Waals surface area contributed by atoms with Crippen LogP contribution in [-0.2, 0) is 0 Å². The Hall–Kier alpha value is -0.0800. The molecule has 1 aliphatic heterocycles. The normalized spacial score (nSPS) is 40.7. The number of nitrogens with zero attached hydrogens (tertiary/aromatic N) is 1. The molecule has 1 N–H and O–H groups in total. The average Bonchev–Trinajstić information content (AvgIpc) is 2.46. The second-order valence-electron chi connectivity index (χ2n) is 8.76. The highest BCUT2D eigenvalue weighted by Crippen LogP contribution is 2.41. The maximum atomic E-state index is 3.66. The molecule has 1 heterocycles. The largest absolute Gasteiger partial charge is 0.316 e. The molecule has 0 spiro atoms. The van der Waals surface area contributed by atoms with Crippen LogP contribution in [0.4, 0.5) is 0 Å². The zero-order chi connectivity index (χ0) is 14.9. The fourth-order valence-corrected chi connectivity index (χ4v) is 5.78. The third-order valence-electron chi connectivity index (χ3n) is 6.89. The van der Waals surface area contributed by atoms with Crippen molar-refractivity contribution in [1.29, 1.82) is 0 Å². The number of hydrogen-bond donors (Lipinski definition) is 1. The number of piperidine rings is 1. The molecule has 0 aromatic carbocycles. The lowest BCUT2D eigenvalue weighted by molar-refractivity contribution is 0.0406. The smallest absolute Gasteiger partial charge is 0.0156 e. The summed E-state index contributed by atoms with van der Waals surface area (Å²) in [7, 11) is 2.18. The van der Waals surface area contributed by atoms with E-state index < -0.39 is 0 Å². The van der Waals surface area contributed by atoms with Gasteiger partial charge in [0.15, 0.2) is 0 Å². The molecule has 3 aliphatic rings. The Morgan fingerprint density at radius 1 is 1.00 bits per heavy atom. The molecule has 3 rings (SSSR count). The van der Waals surface area contributed by atoms with Gasteiger partial charge in [0, 0.05) is 19.1 Å². The minimum atomic E-state index is 0.473. The molecule has 2 nitrogen and oxygen atoms in total. The second-order valence-corrected chi connectivity index (χ2v) is 8.76. The van der Waals surface area contributed by atoms with E-state index in [4.69, 9.17) is 0 Å². The van der Waals surface area contributed by atoms with Gasteiger partial charge in [0.25, 0.3) is 0 Å². The first-order valence-corrected chi connectivity index (χ1v) is 9.50. The quantitative estimate of drug-likeness (QED) is 0.848. The molecular weight excluding hydrogens is 256 g/mol. The van der Waals surface area contributed by atoms with Crippen LogP contribution in [0.25, 0.3) is 0 Å². The van der Waals surface area contributed by atoms with Crippen molar-refractivity contribution < 1.29 is 0 Å². The van der Waals surface area contributed by atoms with Crippen molar-refractivity contribution >= 4 is 0 Å². The van der Waals surface area contributed by atoms with E-state index in [0.717, 1.165) is 17.8 Å². The molecule has 21 heavy (non-hydrogen) atoms. The molecule has 1 saturated heterocycles. The summed E-state index contributed by atoms with van der Waals surface area (Å²) in [5.41, 5.74) is 0.473. The highest BCUT2D eigenvalue weighted by molar-refractivity contribution is 4.94. The molecule has 2 aliphatic carbocycles. The minimum Gasteiger partial charge on any atom is -0.316 e. The number of rotatable bonds is 3. The molecule has 2 heteroatoms. The first-order valence-electron chi connectivity index (χ1n) is 9.50. The van der Waals surface area contributed by atoms with E-state index in [9.17, 15) is 0 Å². The van der Waals surface area contributed by atoms with Crippen molar-refractivity contribution in [3.05, 3.63) is 0 Å². The van der Waals surface area contributed by atoms with E-state index in [1.165, 1.54) is 71.0 Å². The highest BCUT2D eigenvalue weighted by atomic mass is 15.1. The summed E-state index contributed by atoms with van der Waals surface area (Å²) < 4.78 is 0. The first kappa shape index (κ1) is 15.8. The predicted molar refractivity (Wildman–Crippen MR) is 90.5 cm³/mol. The number of hydrogen-bond acceptors (Lipinski definition) is 2. The fourth-order valence-electron chi connectivity index (χ4n) is 5.78. The van der Waals surface area contributed by atoms with E-state index in [1.807, 2.05) is 0 Å². The number of likely N-dealkylation sites (tertiary alicyclic amines) is 1. The Balaban J connectivity index is 1.58. The lowest BCUT2D eigenvalue weighted by atomic mass is 9.67. The molecule has 0 amide bonds. The zero-order valence-electron chi connectivity index (χ0n) is 14.5. The van der Waals surface area contributed by atoms with Crippen LogP contribution in [0.2, 0.25) is 0 Å².